The molecule has 14 heavy (non-hydrogen) atoms. The number of ether oxygens (including phenoxy) is 1. The van der Waals surface area contributed by atoms with Gasteiger partial charge in [-0.25, -0.2) is 10.1 Å². The number of hydrogen-bond donors (Lipinski definition) is 1. The van der Waals surface area contributed by atoms with E-state index in [2.05, 4.69) is 4.89 Å². The van der Waals surface area contributed by atoms with Crippen LogP contribution in [0.1, 0.15) is 33.1 Å². The summed E-state index contributed by atoms with van der Waals surface area (Å²) in [6.45, 7) is 3.52. The van der Waals surface area contributed by atoms with Crippen molar-refractivity contribution in [3.63, 3.8) is 0 Å². The molecule has 1 fully saturated rings. The van der Waals surface area contributed by atoms with Crippen LogP contribution in [0.4, 0.5) is 0 Å². The maximum absolute atomic E-state index is 11.2. The SMILES string of the molecule is CO[C@]1(OO)C[C@H](C(C)=O)CC[C@H]1C. The zero-order valence-electron chi connectivity index (χ0n) is 8.95. The molecule has 1 N–H and O–H groups in total. The number of carbonyl (C=O) groups is 1. The molecule has 0 radical (unpaired) electrons. The van der Waals surface area contributed by atoms with E-state index in [9.17, 15) is 4.79 Å². The van der Waals surface area contributed by atoms with E-state index in [0.717, 1.165) is 12.8 Å². The van der Waals surface area contributed by atoms with E-state index in [1.54, 1.807) is 6.92 Å². The first-order valence-corrected chi connectivity index (χ1v) is 4.94. The lowest BCUT2D eigenvalue weighted by molar-refractivity contribution is -0.422. The second-order valence-corrected chi connectivity index (χ2v) is 4.10. The van der Waals surface area contributed by atoms with Crippen LogP contribution in [0.3, 0.4) is 0 Å². The van der Waals surface area contributed by atoms with E-state index in [1.807, 2.05) is 6.92 Å². The normalized spacial score (nSPS) is 38.3. The zero-order valence-corrected chi connectivity index (χ0v) is 8.95. The molecule has 0 unspecified atom stereocenters. The van der Waals surface area contributed by atoms with Crippen LogP contribution in [-0.2, 0) is 14.4 Å². The molecule has 0 amide bonds. The number of methoxy groups -OCH3 is 1. The van der Waals surface area contributed by atoms with Crippen molar-refractivity contribution in [1.82, 2.24) is 0 Å². The Morgan fingerprint density at radius 3 is 2.57 bits per heavy atom. The summed E-state index contributed by atoms with van der Waals surface area (Å²) in [7, 11) is 1.50. The fourth-order valence-electron chi connectivity index (χ4n) is 2.11. The molecule has 4 nitrogen and oxygen atoms in total. The largest absolute Gasteiger partial charge is 0.350 e. The van der Waals surface area contributed by atoms with Gasteiger partial charge < -0.3 is 4.74 Å². The van der Waals surface area contributed by atoms with Crippen molar-refractivity contribution in [3.8, 4) is 0 Å². The van der Waals surface area contributed by atoms with Gasteiger partial charge in [-0.05, 0) is 19.8 Å². The number of hydrogen-bond acceptors (Lipinski definition) is 4. The third-order valence-electron chi connectivity index (χ3n) is 3.30. The van der Waals surface area contributed by atoms with Crippen molar-refractivity contribution in [3.05, 3.63) is 0 Å². The second-order valence-electron chi connectivity index (χ2n) is 4.10. The van der Waals surface area contributed by atoms with Crippen LogP contribution < -0.4 is 0 Å². The average Bonchev–Trinajstić information content (AvgIpc) is 2.19. The molecule has 0 heterocycles. The molecule has 0 aromatic heterocycles. The van der Waals surface area contributed by atoms with Gasteiger partial charge in [-0.3, -0.25) is 4.79 Å². The fraction of sp³-hybridized carbons (Fsp3) is 0.900. The first kappa shape index (κ1) is 11.6. The van der Waals surface area contributed by atoms with Gasteiger partial charge in [0.05, 0.1) is 0 Å². The molecular weight excluding hydrogens is 184 g/mol. The lowest BCUT2D eigenvalue weighted by Crippen LogP contribution is -2.47. The van der Waals surface area contributed by atoms with Gasteiger partial charge in [0.25, 0.3) is 0 Å². The highest BCUT2D eigenvalue weighted by atomic mass is 17.1. The van der Waals surface area contributed by atoms with E-state index >= 15 is 0 Å². The Morgan fingerprint density at radius 2 is 2.14 bits per heavy atom. The first-order valence-electron chi connectivity index (χ1n) is 4.94. The van der Waals surface area contributed by atoms with Gasteiger partial charge in [-0.2, -0.15) is 0 Å². The highest BCUT2D eigenvalue weighted by molar-refractivity contribution is 5.78. The van der Waals surface area contributed by atoms with Crippen LogP contribution in [0.15, 0.2) is 0 Å². The zero-order chi connectivity index (χ0) is 10.8. The predicted octanol–water partition coefficient (Wildman–Crippen LogP) is 1.84. The first-order chi connectivity index (χ1) is 6.55. The molecule has 4 heteroatoms. The van der Waals surface area contributed by atoms with Crippen LogP contribution in [0.5, 0.6) is 0 Å². The second kappa shape index (κ2) is 4.38. The quantitative estimate of drug-likeness (QED) is 0.431. The standard InChI is InChI=1S/C10H18O4/c1-7-4-5-9(8(2)11)6-10(7,13-3)14-12/h7,9,12H,4-6H2,1-3H3/t7-,9-,10+/m1/s1. The topological polar surface area (TPSA) is 55.8 Å². The van der Waals surface area contributed by atoms with Crippen LogP contribution in [0.2, 0.25) is 0 Å². The summed E-state index contributed by atoms with van der Waals surface area (Å²) in [6, 6.07) is 0. The van der Waals surface area contributed by atoms with Gasteiger partial charge in [0.15, 0.2) is 0 Å². The van der Waals surface area contributed by atoms with Gasteiger partial charge >= 0.3 is 0 Å². The summed E-state index contributed by atoms with van der Waals surface area (Å²) >= 11 is 0. The van der Waals surface area contributed by atoms with Crippen LogP contribution in [0, 0.1) is 11.8 Å². The smallest absolute Gasteiger partial charge is 0.204 e. The van der Waals surface area contributed by atoms with Crippen LogP contribution >= 0.6 is 0 Å². The Hall–Kier alpha value is -0.450. The molecule has 0 bridgehead atoms. The summed E-state index contributed by atoms with van der Waals surface area (Å²) in [5.41, 5.74) is 0. The molecule has 0 saturated heterocycles. The third-order valence-corrected chi connectivity index (χ3v) is 3.30. The van der Waals surface area contributed by atoms with Crippen LogP contribution in [0.25, 0.3) is 0 Å². The van der Waals surface area contributed by atoms with E-state index in [-0.39, 0.29) is 17.6 Å². The third kappa shape index (κ3) is 1.97. The summed E-state index contributed by atoms with van der Waals surface area (Å²) < 4.78 is 5.20. The predicted molar refractivity (Wildman–Crippen MR) is 50.6 cm³/mol. The fourth-order valence-corrected chi connectivity index (χ4v) is 2.11. The minimum atomic E-state index is -0.991. The molecule has 0 aromatic carbocycles. The average molecular weight is 202 g/mol. The lowest BCUT2D eigenvalue weighted by atomic mass is 9.76. The minimum absolute atomic E-state index is 0.0571. The van der Waals surface area contributed by atoms with Crippen molar-refractivity contribution < 1.29 is 19.7 Å². The van der Waals surface area contributed by atoms with E-state index in [4.69, 9.17) is 9.99 Å². The Kier molecular flexibility index (Phi) is 3.64. The van der Waals surface area contributed by atoms with Crippen molar-refractivity contribution in [2.75, 3.05) is 7.11 Å². The van der Waals surface area contributed by atoms with Gasteiger partial charge in [0.2, 0.25) is 5.79 Å². The maximum Gasteiger partial charge on any atom is 0.204 e. The molecular formula is C10H18O4. The highest BCUT2D eigenvalue weighted by Gasteiger charge is 2.45. The molecule has 1 saturated carbocycles. The van der Waals surface area contributed by atoms with Gasteiger partial charge in [0, 0.05) is 25.4 Å². The minimum Gasteiger partial charge on any atom is -0.350 e. The van der Waals surface area contributed by atoms with Gasteiger partial charge in [-0.1, -0.05) is 6.92 Å². The monoisotopic (exact) mass is 202 g/mol. The Bertz CT molecular complexity index is 210. The Morgan fingerprint density at radius 1 is 1.50 bits per heavy atom. The molecule has 1 aliphatic rings. The molecule has 0 aromatic rings. The molecule has 1 rings (SSSR count). The number of carbonyl (C=O) groups excluding carboxylic acids is 1. The summed E-state index contributed by atoms with van der Waals surface area (Å²) in [5, 5.41) is 8.88. The van der Waals surface area contributed by atoms with Gasteiger partial charge in [-0.15, -0.1) is 0 Å². The molecule has 3 atom stereocenters. The lowest BCUT2D eigenvalue weighted by Gasteiger charge is -2.40. The van der Waals surface area contributed by atoms with E-state index in [0.29, 0.717) is 6.42 Å². The van der Waals surface area contributed by atoms with Crippen molar-refractivity contribution in [2.24, 2.45) is 11.8 Å². The molecule has 0 spiro atoms. The Labute approximate surface area is 84.1 Å². The van der Waals surface area contributed by atoms with E-state index in [1.165, 1.54) is 7.11 Å². The summed E-state index contributed by atoms with van der Waals surface area (Å²) in [4.78, 5) is 15.7. The van der Waals surface area contributed by atoms with Gasteiger partial charge in [0.1, 0.15) is 5.78 Å². The van der Waals surface area contributed by atoms with E-state index < -0.39 is 5.79 Å². The number of Topliss-reactive ketones (excluding diaryl/α,β-unsaturated/α-hetero) is 1. The van der Waals surface area contributed by atoms with Crippen molar-refractivity contribution >= 4 is 5.78 Å². The summed E-state index contributed by atoms with van der Waals surface area (Å²) in [5.74, 6) is -0.809. The Balaban J connectivity index is 2.76. The molecule has 1 aliphatic carbocycles. The number of ketones is 1. The van der Waals surface area contributed by atoms with Crippen molar-refractivity contribution in [2.45, 2.75) is 38.9 Å². The van der Waals surface area contributed by atoms with Crippen LogP contribution in [-0.4, -0.2) is 23.9 Å². The highest BCUT2D eigenvalue weighted by Crippen LogP contribution is 2.39. The molecule has 0 aliphatic heterocycles. The molecule has 82 valence electrons. The maximum atomic E-state index is 11.2. The van der Waals surface area contributed by atoms with Crippen molar-refractivity contribution in [1.29, 1.82) is 0 Å². The summed E-state index contributed by atoms with van der Waals surface area (Å²) in [6.07, 6.45) is 2.13. The number of rotatable bonds is 3.